The summed E-state index contributed by atoms with van der Waals surface area (Å²) in [6.45, 7) is 4.18. The number of ketones is 1. The summed E-state index contributed by atoms with van der Waals surface area (Å²) >= 11 is 0. The number of nitrogens with zero attached hydrogens (tertiary/aromatic N) is 2. The third kappa shape index (κ3) is 3.73. The predicted molar refractivity (Wildman–Crippen MR) is 117 cm³/mol. The van der Waals surface area contributed by atoms with Gasteiger partial charge in [-0.15, -0.1) is 6.58 Å². The molecule has 1 aromatic heterocycles. The van der Waals surface area contributed by atoms with E-state index in [9.17, 15) is 18.0 Å². The quantitative estimate of drug-likeness (QED) is 0.404. The van der Waals surface area contributed by atoms with Gasteiger partial charge in [0.2, 0.25) is 0 Å². The summed E-state index contributed by atoms with van der Waals surface area (Å²) in [7, 11) is 0. The molecule has 1 heterocycles. The lowest BCUT2D eigenvalue weighted by Gasteiger charge is -2.35. The van der Waals surface area contributed by atoms with Gasteiger partial charge in [-0.05, 0) is 43.4 Å². The molecule has 0 radical (unpaired) electrons. The van der Waals surface area contributed by atoms with Gasteiger partial charge in [-0.3, -0.25) is 4.79 Å². The van der Waals surface area contributed by atoms with Crippen molar-refractivity contribution in [1.29, 1.82) is 5.26 Å². The van der Waals surface area contributed by atoms with Gasteiger partial charge in [0.15, 0.2) is 5.78 Å². The lowest BCUT2D eigenvalue weighted by Crippen LogP contribution is -2.36. The van der Waals surface area contributed by atoms with E-state index in [0.29, 0.717) is 48.7 Å². The fraction of sp³-hybridized carbons (Fsp3) is 0.308. The Morgan fingerprint density at radius 2 is 1.94 bits per heavy atom. The van der Waals surface area contributed by atoms with E-state index in [0.717, 1.165) is 23.4 Å². The van der Waals surface area contributed by atoms with E-state index < -0.39 is 17.2 Å². The molecule has 4 rings (SSSR count). The predicted octanol–water partition coefficient (Wildman–Crippen LogP) is 6.70. The average molecular weight is 436 g/mol. The lowest BCUT2D eigenvalue weighted by molar-refractivity contribution is -0.137. The highest BCUT2D eigenvalue weighted by molar-refractivity contribution is 6.13. The molecule has 0 bridgehead atoms. The Bertz CT molecular complexity index is 1220. The lowest BCUT2D eigenvalue weighted by atomic mass is 9.67. The summed E-state index contributed by atoms with van der Waals surface area (Å²) in [6, 6.07) is 15.2. The van der Waals surface area contributed by atoms with E-state index >= 15 is 0 Å². The molecule has 3 nitrogen and oxygen atoms in total. The molecular weight excluding hydrogens is 413 g/mol. The SMILES string of the molecule is C=CCC1(CCC#N)CCc2c(c3ccc(C(F)(F)F)cc3n2Cc2ccccc2)C1=O. The van der Waals surface area contributed by atoms with Crippen LogP contribution in [0.4, 0.5) is 13.2 Å². The molecular formula is C26H23F3N2O. The van der Waals surface area contributed by atoms with Gasteiger partial charge in [-0.2, -0.15) is 18.4 Å². The van der Waals surface area contributed by atoms with Crippen molar-refractivity contribution >= 4 is 16.7 Å². The molecule has 1 aliphatic rings. The van der Waals surface area contributed by atoms with Crippen molar-refractivity contribution in [3.63, 3.8) is 0 Å². The van der Waals surface area contributed by atoms with Crippen LogP contribution >= 0.6 is 0 Å². The summed E-state index contributed by atoms with van der Waals surface area (Å²) in [5, 5.41) is 9.65. The van der Waals surface area contributed by atoms with Crippen LogP contribution in [-0.4, -0.2) is 10.4 Å². The molecule has 0 fully saturated rings. The zero-order valence-electron chi connectivity index (χ0n) is 17.6. The topological polar surface area (TPSA) is 45.8 Å². The van der Waals surface area contributed by atoms with Crippen molar-refractivity contribution in [3.05, 3.63) is 83.6 Å². The molecule has 3 aromatic rings. The Balaban J connectivity index is 1.93. The summed E-state index contributed by atoms with van der Waals surface area (Å²) < 4.78 is 42.3. The van der Waals surface area contributed by atoms with E-state index in [4.69, 9.17) is 5.26 Å². The highest BCUT2D eigenvalue weighted by atomic mass is 19.4. The first-order valence-corrected chi connectivity index (χ1v) is 10.6. The van der Waals surface area contributed by atoms with Crippen molar-refractivity contribution in [2.45, 2.75) is 44.8 Å². The molecule has 0 N–H and O–H groups in total. The fourth-order valence-corrected chi connectivity index (χ4v) is 4.88. The van der Waals surface area contributed by atoms with Gasteiger partial charge in [0.05, 0.1) is 11.6 Å². The first kappa shape index (κ1) is 21.9. The Labute approximate surface area is 184 Å². The molecule has 1 unspecified atom stereocenters. The fourth-order valence-electron chi connectivity index (χ4n) is 4.88. The Kier molecular flexibility index (Phi) is 5.68. The minimum Gasteiger partial charge on any atom is -0.339 e. The summed E-state index contributed by atoms with van der Waals surface area (Å²) in [5.41, 5.74) is 1.16. The van der Waals surface area contributed by atoms with Crippen LogP contribution in [0, 0.1) is 16.7 Å². The van der Waals surface area contributed by atoms with Crippen LogP contribution in [0.1, 0.15) is 52.9 Å². The Hall–Kier alpha value is -3.33. The number of halogens is 3. The summed E-state index contributed by atoms with van der Waals surface area (Å²) in [6.07, 6.45) is -0.563. The first-order valence-electron chi connectivity index (χ1n) is 10.6. The summed E-state index contributed by atoms with van der Waals surface area (Å²) in [5.74, 6) is -0.0922. The number of hydrogen-bond acceptors (Lipinski definition) is 2. The molecule has 1 aliphatic carbocycles. The molecule has 32 heavy (non-hydrogen) atoms. The van der Waals surface area contributed by atoms with Crippen LogP contribution in [0.5, 0.6) is 0 Å². The second-order valence-electron chi connectivity index (χ2n) is 8.38. The number of carbonyl (C=O) groups excluding carboxylic acids is 1. The van der Waals surface area contributed by atoms with Crippen LogP contribution in [0.2, 0.25) is 0 Å². The number of fused-ring (bicyclic) bond motifs is 3. The number of rotatable bonds is 6. The van der Waals surface area contributed by atoms with Crippen molar-refractivity contribution in [2.24, 2.45) is 5.41 Å². The van der Waals surface area contributed by atoms with Crippen LogP contribution in [0.3, 0.4) is 0 Å². The molecule has 0 amide bonds. The van der Waals surface area contributed by atoms with Gasteiger partial charge in [-0.1, -0.05) is 42.5 Å². The maximum absolute atomic E-state index is 13.8. The number of allylic oxidation sites excluding steroid dienone is 1. The maximum atomic E-state index is 13.8. The van der Waals surface area contributed by atoms with Crippen LogP contribution in [-0.2, 0) is 19.1 Å². The van der Waals surface area contributed by atoms with E-state index in [2.05, 4.69) is 12.6 Å². The number of carbonyl (C=O) groups is 1. The largest absolute Gasteiger partial charge is 0.416 e. The molecule has 0 saturated carbocycles. The third-order valence-electron chi connectivity index (χ3n) is 6.48. The van der Waals surface area contributed by atoms with Gasteiger partial charge in [-0.25, -0.2) is 0 Å². The smallest absolute Gasteiger partial charge is 0.339 e. The first-order chi connectivity index (χ1) is 15.3. The summed E-state index contributed by atoms with van der Waals surface area (Å²) in [4.78, 5) is 13.8. The van der Waals surface area contributed by atoms with E-state index in [1.54, 1.807) is 6.08 Å². The van der Waals surface area contributed by atoms with Crippen LogP contribution < -0.4 is 0 Å². The maximum Gasteiger partial charge on any atom is 0.416 e. The number of nitriles is 1. The van der Waals surface area contributed by atoms with Crippen molar-refractivity contribution in [1.82, 2.24) is 4.57 Å². The average Bonchev–Trinajstić information content (AvgIpc) is 3.08. The van der Waals surface area contributed by atoms with Gasteiger partial charge in [0, 0.05) is 40.5 Å². The van der Waals surface area contributed by atoms with Crippen LogP contribution in [0.25, 0.3) is 10.9 Å². The molecule has 1 atom stereocenters. The van der Waals surface area contributed by atoms with Crippen molar-refractivity contribution < 1.29 is 18.0 Å². The van der Waals surface area contributed by atoms with Crippen LogP contribution in [0.15, 0.2) is 61.2 Å². The Morgan fingerprint density at radius 3 is 2.59 bits per heavy atom. The number of alkyl halides is 3. The van der Waals surface area contributed by atoms with Crippen molar-refractivity contribution in [2.75, 3.05) is 0 Å². The van der Waals surface area contributed by atoms with E-state index in [1.165, 1.54) is 6.07 Å². The van der Waals surface area contributed by atoms with Gasteiger partial charge in [0.25, 0.3) is 0 Å². The molecule has 0 saturated heterocycles. The van der Waals surface area contributed by atoms with E-state index in [1.807, 2.05) is 34.9 Å². The minimum absolute atomic E-state index is 0.0922. The molecule has 2 aromatic carbocycles. The van der Waals surface area contributed by atoms with Gasteiger partial charge < -0.3 is 4.57 Å². The monoisotopic (exact) mass is 436 g/mol. The normalized spacial score (nSPS) is 18.4. The molecule has 0 spiro atoms. The van der Waals surface area contributed by atoms with Crippen molar-refractivity contribution in [3.8, 4) is 6.07 Å². The Morgan fingerprint density at radius 1 is 1.19 bits per heavy atom. The van der Waals surface area contributed by atoms with Gasteiger partial charge in [0.1, 0.15) is 0 Å². The third-order valence-corrected chi connectivity index (χ3v) is 6.48. The minimum atomic E-state index is -4.47. The molecule has 164 valence electrons. The number of Topliss-reactive ketones (excluding diaryl/α,β-unsaturated/α-hetero) is 1. The molecule has 6 heteroatoms. The zero-order chi connectivity index (χ0) is 22.9. The highest BCUT2D eigenvalue weighted by Crippen LogP contribution is 2.46. The second kappa shape index (κ2) is 8.31. The highest BCUT2D eigenvalue weighted by Gasteiger charge is 2.44. The number of hydrogen-bond donors (Lipinski definition) is 0. The molecule has 0 aliphatic heterocycles. The second-order valence-corrected chi connectivity index (χ2v) is 8.38. The van der Waals surface area contributed by atoms with Gasteiger partial charge >= 0.3 is 6.18 Å². The number of benzene rings is 2. The van der Waals surface area contributed by atoms with E-state index in [-0.39, 0.29) is 12.2 Å². The zero-order valence-corrected chi connectivity index (χ0v) is 17.6. The standard InChI is InChI=1S/C26H23F3N2O/c1-2-12-25(13-6-15-30)14-11-21-23(24(25)32)20-10-9-19(26(27,28)29)16-22(20)31(21)17-18-7-4-3-5-8-18/h2-5,7-10,16H,1,6,11-14,17H2. The number of aromatic nitrogens is 1.